The van der Waals surface area contributed by atoms with Crippen LogP contribution in [0.2, 0.25) is 5.02 Å². The smallest absolute Gasteiger partial charge is 0.322 e. The highest BCUT2D eigenvalue weighted by Crippen LogP contribution is 2.28. The van der Waals surface area contributed by atoms with E-state index >= 15 is 0 Å². The second-order valence-electron chi connectivity index (χ2n) is 6.20. The van der Waals surface area contributed by atoms with Crippen molar-refractivity contribution in [1.82, 2.24) is 9.47 Å². The molecule has 1 aliphatic heterocycles. The maximum atomic E-state index is 12.5. The second-order valence-corrected chi connectivity index (χ2v) is 6.64. The van der Waals surface area contributed by atoms with Crippen molar-refractivity contribution in [2.45, 2.75) is 19.3 Å². The molecule has 1 N–H and O–H groups in total. The molecule has 1 aromatic carbocycles. The van der Waals surface area contributed by atoms with Gasteiger partial charge in [-0.25, -0.2) is 4.79 Å². The summed E-state index contributed by atoms with van der Waals surface area (Å²) in [5.41, 5.74) is 2.10. The van der Waals surface area contributed by atoms with Crippen LogP contribution in [0.1, 0.15) is 23.5 Å². The van der Waals surface area contributed by atoms with Crippen molar-refractivity contribution in [1.29, 1.82) is 0 Å². The highest BCUT2D eigenvalue weighted by Gasteiger charge is 2.28. The van der Waals surface area contributed by atoms with Crippen LogP contribution < -0.4 is 10.9 Å². The molecular formula is C18H20ClN3O2. The summed E-state index contributed by atoms with van der Waals surface area (Å²) in [5.74, 6) is 0.299. The van der Waals surface area contributed by atoms with Crippen LogP contribution in [-0.2, 0) is 7.05 Å². The van der Waals surface area contributed by atoms with Crippen LogP contribution in [0.5, 0.6) is 0 Å². The fourth-order valence-corrected chi connectivity index (χ4v) is 3.14. The Morgan fingerprint density at radius 2 is 1.96 bits per heavy atom. The minimum Gasteiger partial charge on any atom is -0.324 e. The summed E-state index contributed by atoms with van der Waals surface area (Å²) in [7, 11) is 1.67. The number of urea groups is 1. The number of rotatable bonds is 2. The minimum atomic E-state index is -0.224. The molecule has 0 spiro atoms. The van der Waals surface area contributed by atoms with Gasteiger partial charge in [-0.3, -0.25) is 4.79 Å². The number of carbonyl (C=O) groups is 1. The van der Waals surface area contributed by atoms with Crippen LogP contribution in [0.3, 0.4) is 0 Å². The number of aromatic nitrogens is 1. The standard InChI is InChI=1S/C18H20ClN3O2/c1-12-7-9-21(2)17(23)16(12)20-18(24)22-10-8-14(11-22)13-3-5-15(19)6-4-13/h3-7,9,14H,8,10-11H2,1-2H3,(H,20,24). The normalized spacial score (nSPS) is 17.1. The van der Waals surface area contributed by atoms with E-state index < -0.39 is 0 Å². The summed E-state index contributed by atoms with van der Waals surface area (Å²) in [6.07, 6.45) is 2.60. The fourth-order valence-electron chi connectivity index (χ4n) is 3.01. The molecule has 0 radical (unpaired) electrons. The Morgan fingerprint density at radius 3 is 2.67 bits per heavy atom. The van der Waals surface area contributed by atoms with Crippen molar-refractivity contribution in [2.24, 2.45) is 7.05 Å². The molecule has 0 aliphatic carbocycles. The third-order valence-corrected chi connectivity index (χ3v) is 4.78. The molecule has 126 valence electrons. The van der Waals surface area contributed by atoms with Crippen LogP contribution in [0, 0.1) is 6.92 Å². The zero-order chi connectivity index (χ0) is 17.3. The van der Waals surface area contributed by atoms with Crippen LogP contribution in [0.4, 0.5) is 10.5 Å². The van der Waals surface area contributed by atoms with Gasteiger partial charge in [0.05, 0.1) is 0 Å². The number of anilines is 1. The first-order chi connectivity index (χ1) is 11.5. The molecular weight excluding hydrogens is 326 g/mol. The zero-order valence-corrected chi connectivity index (χ0v) is 14.5. The van der Waals surface area contributed by atoms with Crippen molar-refractivity contribution < 1.29 is 4.79 Å². The van der Waals surface area contributed by atoms with Crippen LogP contribution >= 0.6 is 11.6 Å². The molecule has 1 saturated heterocycles. The van der Waals surface area contributed by atoms with E-state index in [1.807, 2.05) is 37.3 Å². The molecule has 1 aromatic heterocycles. The lowest BCUT2D eigenvalue weighted by molar-refractivity contribution is 0.222. The maximum Gasteiger partial charge on any atom is 0.322 e. The number of aryl methyl sites for hydroxylation is 2. The van der Waals surface area contributed by atoms with Gasteiger partial charge < -0.3 is 14.8 Å². The average molecular weight is 346 g/mol. The number of carbonyl (C=O) groups excluding carboxylic acids is 1. The fraction of sp³-hybridized carbons (Fsp3) is 0.333. The molecule has 1 fully saturated rings. The number of likely N-dealkylation sites (tertiary alicyclic amines) is 1. The van der Waals surface area contributed by atoms with Crippen LogP contribution in [0.25, 0.3) is 0 Å². The molecule has 1 aliphatic rings. The van der Waals surface area contributed by atoms with Gasteiger partial charge in [0.25, 0.3) is 5.56 Å². The number of hydrogen-bond donors (Lipinski definition) is 1. The number of pyridine rings is 1. The number of benzene rings is 1. The average Bonchev–Trinajstić information content (AvgIpc) is 3.06. The SMILES string of the molecule is Cc1ccn(C)c(=O)c1NC(=O)N1CCC(c2ccc(Cl)cc2)C1. The zero-order valence-electron chi connectivity index (χ0n) is 13.8. The molecule has 2 amide bonds. The predicted molar refractivity (Wildman–Crippen MR) is 95.8 cm³/mol. The van der Waals surface area contributed by atoms with Gasteiger partial charge >= 0.3 is 6.03 Å². The Morgan fingerprint density at radius 1 is 1.25 bits per heavy atom. The molecule has 0 bridgehead atoms. The summed E-state index contributed by atoms with van der Waals surface area (Å²) in [5, 5.41) is 3.48. The summed E-state index contributed by atoms with van der Waals surface area (Å²) in [6, 6.07) is 9.35. The van der Waals surface area contributed by atoms with Gasteiger partial charge in [-0.15, -0.1) is 0 Å². The van der Waals surface area contributed by atoms with Crippen molar-refractivity contribution in [2.75, 3.05) is 18.4 Å². The highest BCUT2D eigenvalue weighted by molar-refractivity contribution is 6.30. The van der Waals surface area contributed by atoms with Crippen LogP contribution in [-0.4, -0.2) is 28.6 Å². The van der Waals surface area contributed by atoms with Gasteiger partial charge in [-0.2, -0.15) is 0 Å². The topological polar surface area (TPSA) is 54.3 Å². The van der Waals surface area contributed by atoms with Gasteiger partial charge in [-0.05, 0) is 42.7 Å². The molecule has 5 nitrogen and oxygen atoms in total. The van der Waals surface area contributed by atoms with Crippen molar-refractivity contribution in [3.8, 4) is 0 Å². The minimum absolute atomic E-state index is 0.197. The first-order valence-electron chi connectivity index (χ1n) is 7.93. The summed E-state index contributed by atoms with van der Waals surface area (Å²) < 4.78 is 1.46. The number of nitrogens with one attached hydrogen (secondary N) is 1. The Balaban J connectivity index is 1.70. The third-order valence-electron chi connectivity index (χ3n) is 4.53. The van der Waals surface area contributed by atoms with E-state index in [1.165, 1.54) is 10.1 Å². The molecule has 0 saturated carbocycles. The van der Waals surface area contributed by atoms with Crippen molar-refractivity contribution in [3.63, 3.8) is 0 Å². The summed E-state index contributed by atoms with van der Waals surface area (Å²) in [4.78, 5) is 26.4. The first kappa shape index (κ1) is 16.6. The lowest BCUT2D eigenvalue weighted by Gasteiger charge is -2.18. The van der Waals surface area contributed by atoms with E-state index in [4.69, 9.17) is 11.6 Å². The van der Waals surface area contributed by atoms with E-state index in [2.05, 4.69) is 5.32 Å². The van der Waals surface area contributed by atoms with E-state index in [-0.39, 0.29) is 11.6 Å². The van der Waals surface area contributed by atoms with Gasteiger partial charge in [0.1, 0.15) is 5.69 Å². The monoisotopic (exact) mass is 345 g/mol. The van der Waals surface area contributed by atoms with Gasteiger partial charge in [-0.1, -0.05) is 23.7 Å². The molecule has 24 heavy (non-hydrogen) atoms. The molecule has 2 heterocycles. The third kappa shape index (κ3) is 3.31. The largest absolute Gasteiger partial charge is 0.324 e. The number of nitrogens with zero attached hydrogens (tertiary/aromatic N) is 2. The van der Waals surface area contributed by atoms with E-state index in [1.54, 1.807) is 18.1 Å². The van der Waals surface area contributed by atoms with E-state index in [9.17, 15) is 9.59 Å². The number of halogens is 1. The Hall–Kier alpha value is -2.27. The van der Waals surface area contributed by atoms with E-state index in [0.29, 0.717) is 29.7 Å². The van der Waals surface area contributed by atoms with Gasteiger partial charge in [0.15, 0.2) is 0 Å². The number of amides is 2. The van der Waals surface area contributed by atoms with E-state index in [0.717, 1.165) is 12.0 Å². The maximum absolute atomic E-state index is 12.5. The summed E-state index contributed by atoms with van der Waals surface area (Å²) >= 11 is 5.92. The Kier molecular flexibility index (Phi) is 4.62. The molecule has 2 aromatic rings. The molecule has 3 rings (SSSR count). The lowest BCUT2D eigenvalue weighted by atomic mass is 9.99. The number of hydrogen-bond acceptors (Lipinski definition) is 2. The molecule has 1 atom stereocenters. The first-order valence-corrected chi connectivity index (χ1v) is 8.31. The van der Waals surface area contributed by atoms with Crippen molar-refractivity contribution >= 4 is 23.3 Å². The van der Waals surface area contributed by atoms with Crippen molar-refractivity contribution in [3.05, 3.63) is 63.0 Å². The Bertz CT molecular complexity index is 814. The Labute approximate surface area is 145 Å². The highest BCUT2D eigenvalue weighted by atomic mass is 35.5. The quantitative estimate of drug-likeness (QED) is 0.907. The molecule has 6 heteroatoms. The predicted octanol–water partition coefficient (Wildman–Crippen LogP) is 3.37. The van der Waals surface area contributed by atoms with Crippen LogP contribution in [0.15, 0.2) is 41.3 Å². The summed E-state index contributed by atoms with van der Waals surface area (Å²) in [6.45, 7) is 3.13. The lowest BCUT2D eigenvalue weighted by Crippen LogP contribution is -2.35. The molecule has 1 unspecified atom stereocenters. The second kappa shape index (κ2) is 6.69. The van der Waals surface area contributed by atoms with Gasteiger partial charge in [0, 0.05) is 37.3 Å². The van der Waals surface area contributed by atoms with Gasteiger partial charge in [0.2, 0.25) is 0 Å².